The molecule has 0 bridgehead atoms. The molecule has 1 fully saturated rings. The Morgan fingerprint density at radius 3 is 2.71 bits per heavy atom. The molecule has 1 aromatic heterocycles. The van der Waals surface area contributed by atoms with Crippen LogP contribution in [-0.4, -0.2) is 36.1 Å². The zero-order valence-corrected chi connectivity index (χ0v) is 13.4. The Labute approximate surface area is 139 Å². The van der Waals surface area contributed by atoms with Gasteiger partial charge in [-0.15, -0.1) is 0 Å². The van der Waals surface area contributed by atoms with E-state index in [4.69, 9.17) is 5.73 Å². The average molecular weight is 334 g/mol. The number of hydrogen-bond donors (Lipinski definition) is 3. The highest BCUT2D eigenvalue weighted by Crippen LogP contribution is 2.22. The van der Waals surface area contributed by atoms with Crippen LogP contribution in [0.3, 0.4) is 0 Å². The van der Waals surface area contributed by atoms with Crippen LogP contribution in [0.1, 0.15) is 12.0 Å². The number of nitrogens with zero attached hydrogens (tertiary/aromatic N) is 3. The lowest BCUT2D eigenvalue weighted by molar-refractivity contribution is 0.560. The van der Waals surface area contributed by atoms with E-state index in [1.54, 1.807) is 6.07 Å². The second-order valence-corrected chi connectivity index (χ2v) is 5.74. The molecular formula is C16H20F2N6. The number of aromatic nitrogens is 2. The van der Waals surface area contributed by atoms with Gasteiger partial charge in [0.2, 0.25) is 5.95 Å². The molecule has 2 aromatic rings. The number of nitrogens with one attached hydrogen (secondary N) is 2. The molecule has 0 saturated carbocycles. The number of nitrogen functional groups attached to an aromatic ring is 1. The molecule has 0 radical (unpaired) electrons. The minimum atomic E-state index is -0.596. The van der Waals surface area contributed by atoms with Crippen molar-refractivity contribution in [2.75, 3.05) is 36.1 Å². The largest absolute Gasteiger partial charge is 0.368 e. The lowest BCUT2D eigenvalue weighted by Crippen LogP contribution is -2.30. The standard InChI is InChI=1S/C16H20F2N6/c1-20-10-5-6-24(9-10)15-7-14(22-16(19)23-15)21-8-11-12(17)3-2-4-13(11)18/h2-4,7,10,20H,5-6,8-9H2,1H3,(H3,19,21,22,23)/t10-/m1/s1. The predicted molar refractivity (Wildman–Crippen MR) is 89.8 cm³/mol. The van der Waals surface area contributed by atoms with Crippen molar-refractivity contribution in [1.82, 2.24) is 15.3 Å². The first kappa shape index (κ1) is 16.4. The monoisotopic (exact) mass is 334 g/mol. The maximum Gasteiger partial charge on any atom is 0.223 e. The third-order valence-corrected chi connectivity index (χ3v) is 4.16. The molecule has 0 aliphatic carbocycles. The van der Waals surface area contributed by atoms with Crippen LogP contribution in [0.15, 0.2) is 24.3 Å². The highest BCUT2D eigenvalue weighted by atomic mass is 19.1. The van der Waals surface area contributed by atoms with Crippen LogP contribution in [0.5, 0.6) is 0 Å². The molecule has 0 unspecified atom stereocenters. The van der Waals surface area contributed by atoms with Crippen molar-refractivity contribution in [1.29, 1.82) is 0 Å². The summed E-state index contributed by atoms with van der Waals surface area (Å²) in [6, 6.07) is 5.93. The summed E-state index contributed by atoms with van der Waals surface area (Å²) in [5, 5.41) is 6.16. The first-order valence-electron chi connectivity index (χ1n) is 7.80. The molecule has 1 saturated heterocycles. The summed E-state index contributed by atoms with van der Waals surface area (Å²) in [5.41, 5.74) is 5.74. The molecule has 6 nitrogen and oxygen atoms in total. The fourth-order valence-electron chi connectivity index (χ4n) is 2.79. The lowest BCUT2D eigenvalue weighted by Gasteiger charge is -2.18. The van der Waals surface area contributed by atoms with Crippen LogP contribution in [-0.2, 0) is 6.54 Å². The summed E-state index contributed by atoms with van der Waals surface area (Å²) >= 11 is 0. The highest BCUT2D eigenvalue weighted by Gasteiger charge is 2.22. The minimum absolute atomic E-state index is 0.0203. The minimum Gasteiger partial charge on any atom is -0.368 e. The summed E-state index contributed by atoms with van der Waals surface area (Å²) in [7, 11) is 1.93. The number of hydrogen-bond acceptors (Lipinski definition) is 6. The van der Waals surface area contributed by atoms with Gasteiger partial charge in [-0.3, -0.25) is 0 Å². The van der Waals surface area contributed by atoms with Gasteiger partial charge in [0.25, 0.3) is 0 Å². The van der Waals surface area contributed by atoms with E-state index in [9.17, 15) is 8.78 Å². The molecule has 8 heteroatoms. The van der Waals surface area contributed by atoms with Crippen molar-refractivity contribution in [2.24, 2.45) is 0 Å². The summed E-state index contributed by atoms with van der Waals surface area (Å²) in [6.07, 6.45) is 1.02. The number of nitrogens with two attached hydrogens (primary N) is 1. The molecule has 1 aromatic carbocycles. The first-order valence-corrected chi connectivity index (χ1v) is 7.80. The second kappa shape index (κ2) is 6.96. The van der Waals surface area contributed by atoms with Gasteiger partial charge in [-0.25, -0.2) is 8.78 Å². The highest BCUT2D eigenvalue weighted by molar-refractivity contribution is 5.53. The van der Waals surface area contributed by atoms with Crippen LogP contribution in [0.2, 0.25) is 0 Å². The topological polar surface area (TPSA) is 79.1 Å². The van der Waals surface area contributed by atoms with Crippen LogP contribution in [0.4, 0.5) is 26.4 Å². The predicted octanol–water partition coefficient (Wildman–Crippen LogP) is 1.75. The quantitative estimate of drug-likeness (QED) is 0.773. The van der Waals surface area contributed by atoms with E-state index in [1.165, 1.54) is 18.2 Å². The Balaban J connectivity index is 1.75. The van der Waals surface area contributed by atoms with Gasteiger partial charge >= 0.3 is 0 Å². The number of anilines is 3. The fraction of sp³-hybridized carbons (Fsp3) is 0.375. The van der Waals surface area contributed by atoms with Gasteiger partial charge in [0.15, 0.2) is 0 Å². The molecule has 0 amide bonds. The summed E-state index contributed by atoms with van der Waals surface area (Å²) < 4.78 is 27.4. The van der Waals surface area contributed by atoms with Gasteiger partial charge in [-0.05, 0) is 25.6 Å². The van der Waals surface area contributed by atoms with E-state index >= 15 is 0 Å². The third-order valence-electron chi connectivity index (χ3n) is 4.16. The number of halogens is 2. The fourth-order valence-corrected chi connectivity index (χ4v) is 2.79. The second-order valence-electron chi connectivity index (χ2n) is 5.74. The van der Waals surface area contributed by atoms with Gasteiger partial charge in [0, 0.05) is 37.3 Å². The van der Waals surface area contributed by atoms with Gasteiger partial charge in [-0.1, -0.05) is 6.07 Å². The van der Waals surface area contributed by atoms with Gasteiger partial charge in [0.1, 0.15) is 23.3 Å². The van der Waals surface area contributed by atoms with Crippen LogP contribution < -0.4 is 21.3 Å². The zero-order chi connectivity index (χ0) is 17.1. The average Bonchev–Trinajstić information content (AvgIpc) is 3.03. The molecule has 0 spiro atoms. The van der Waals surface area contributed by atoms with Gasteiger partial charge in [0.05, 0.1) is 0 Å². The van der Waals surface area contributed by atoms with Crippen LogP contribution in [0.25, 0.3) is 0 Å². The van der Waals surface area contributed by atoms with E-state index in [0.717, 1.165) is 19.5 Å². The van der Waals surface area contributed by atoms with Crippen LogP contribution >= 0.6 is 0 Å². The molecule has 4 N–H and O–H groups in total. The van der Waals surface area contributed by atoms with Crippen molar-refractivity contribution >= 4 is 17.6 Å². The zero-order valence-electron chi connectivity index (χ0n) is 13.4. The van der Waals surface area contributed by atoms with E-state index in [2.05, 4.69) is 25.5 Å². The molecular weight excluding hydrogens is 314 g/mol. The number of benzene rings is 1. The Hall–Kier alpha value is -2.48. The normalized spacial score (nSPS) is 17.3. The van der Waals surface area contributed by atoms with E-state index < -0.39 is 11.6 Å². The van der Waals surface area contributed by atoms with Crippen molar-refractivity contribution in [2.45, 2.75) is 19.0 Å². The molecule has 128 valence electrons. The molecule has 1 aliphatic rings. The van der Waals surface area contributed by atoms with Gasteiger partial charge < -0.3 is 21.3 Å². The van der Waals surface area contributed by atoms with Crippen LogP contribution in [0, 0.1) is 11.6 Å². The Bertz CT molecular complexity index is 703. The molecule has 24 heavy (non-hydrogen) atoms. The first-order chi connectivity index (χ1) is 11.6. The van der Waals surface area contributed by atoms with Crippen molar-refractivity contribution in [3.63, 3.8) is 0 Å². The maximum absolute atomic E-state index is 13.7. The molecule has 3 rings (SSSR count). The van der Waals surface area contributed by atoms with Crippen molar-refractivity contribution in [3.8, 4) is 0 Å². The Kier molecular flexibility index (Phi) is 4.75. The smallest absolute Gasteiger partial charge is 0.223 e. The maximum atomic E-state index is 13.7. The van der Waals surface area contributed by atoms with E-state index in [1.807, 2.05) is 7.05 Å². The number of likely N-dealkylation sites (N-methyl/N-ethyl adjacent to an activating group) is 1. The lowest BCUT2D eigenvalue weighted by atomic mass is 10.2. The third kappa shape index (κ3) is 3.53. The molecule has 1 aliphatic heterocycles. The SMILES string of the molecule is CN[C@@H]1CCN(c2cc(NCc3c(F)cccc3F)nc(N)n2)C1. The Morgan fingerprint density at radius 2 is 2.04 bits per heavy atom. The van der Waals surface area contributed by atoms with E-state index in [-0.39, 0.29) is 18.1 Å². The van der Waals surface area contributed by atoms with Crippen molar-refractivity contribution in [3.05, 3.63) is 41.5 Å². The summed E-state index contributed by atoms with van der Waals surface area (Å²) in [6.45, 7) is 1.67. The number of rotatable bonds is 5. The summed E-state index contributed by atoms with van der Waals surface area (Å²) in [4.78, 5) is 10.4. The van der Waals surface area contributed by atoms with E-state index in [0.29, 0.717) is 17.7 Å². The summed E-state index contributed by atoms with van der Waals surface area (Å²) in [5.74, 6) is 0.0732. The molecule has 1 atom stereocenters. The molecule has 2 heterocycles. The van der Waals surface area contributed by atoms with Gasteiger partial charge in [-0.2, -0.15) is 9.97 Å². The Morgan fingerprint density at radius 1 is 1.29 bits per heavy atom. The van der Waals surface area contributed by atoms with Crippen molar-refractivity contribution < 1.29 is 8.78 Å².